The Bertz CT molecular complexity index is 234. The second-order valence-electron chi connectivity index (χ2n) is 5.96. The van der Waals surface area contributed by atoms with E-state index in [2.05, 4.69) is 12.2 Å². The minimum atomic E-state index is 0.168. The Kier molecular flexibility index (Phi) is 3.88. The summed E-state index contributed by atoms with van der Waals surface area (Å²) in [7, 11) is 0. The highest BCUT2D eigenvalue weighted by Crippen LogP contribution is 2.36. The number of nitrogens with one attached hydrogen (secondary N) is 1. The summed E-state index contributed by atoms with van der Waals surface area (Å²) in [4.78, 5) is 0. The van der Waals surface area contributed by atoms with Gasteiger partial charge in [0.05, 0.1) is 0 Å². The van der Waals surface area contributed by atoms with Gasteiger partial charge in [-0.15, -0.1) is 0 Å². The zero-order valence-corrected chi connectivity index (χ0v) is 10.4. The topological polar surface area (TPSA) is 58.3 Å². The van der Waals surface area contributed by atoms with Crippen LogP contribution in [0.4, 0.5) is 0 Å². The van der Waals surface area contributed by atoms with E-state index in [9.17, 15) is 5.11 Å². The van der Waals surface area contributed by atoms with Gasteiger partial charge in [-0.3, -0.25) is 0 Å². The van der Waals surface area contributed by atoms with Crippen molar-refractivity contribution in [2.75, 3.05) is 13.2 Å². The smallest absolute Gasteiger partial charge is 0.0474 e. The van der Waals surface area contributed by atoms with Gasteiger partial charge in [-0.05, 0) is 43.9 Å². The standard InChI is InChI=1S/C13H26N2O/c1-10-5-6-13(7-10,9-14)15-12-4-2-3-11(12)8-16/h10-12,15-16H,2-9,14H2,1H3. The second kappa shape index (κ2) is 5.03. The number of aliphatic hydroxyl groups is 1. The van der Waals surface area contributed by atoms with Gasteiger partial charge in [0.15, 0.2) is 0 Å². The van der Waals surface area contributed by atoms with Crippen molar-refractivity contribution >= 4 is 0 Å². The van der Waals surface area contributed by atoms with Gasteiger partial charge in [-0.2, -0.15) is 0 Å². The van der Waals surface area contributed by atoms with Gasteiger partial charge in [-0.1, -0.05) is 13.3 Å². The third-order valence-electron chi connectivity index (χ3n) is 4.63. The summed E-state index contributed by atoms with van der Waals surface area (Å²) >= 11 is 0. The zero-order chi connectivity index (χ0) is 11.6. The lowest BCUT2D eigenvalue weighted by Gasteiger charge is -2.35. The molecule has 0 amide bonds. The lowest BCUT2D eigenvalue weighted by Crippen LogP contribution is -2.54. The lowest BCUT2D eigenvalue weighted by molar-refractivity contribution is 0.179. The normalized spacial score (nSPS) is 44.1. The van der Waals surface area contributed by atoms with Gasteiger partial charge < -0.3 is 16.2 Å². The van der Waals surface area contributed by atoms with E-state index in [1.165, 1.54) is 38.5 Å². The molecule has 0 saturated heterocycles. The monoisotopic (exact) mass is 226 g/mol. The highest BCUT2D eigenvalue weighted by molar-refractivity contribution is 5.00. The molecular formula is C13H26N2O. The first-order valence-corrected chi connectivity index (χ1v) is 6.78. The average molecular weight is 226 g/mol. The van der Waals surface area contributed by atoms with Gasteiger partial charge in [-0.25, -0.2) is 0 Å². The summed E-state index contributed by atoms with van der Waals surface area (Å²) in [5.74, 6) is 1.25. The van der Waals surface area contributed by atoms with Gasteiger partial charge >= 0.3 is 0 Å². The van der Waals surface area contributed by atoms with E-state index < -0.39 is 0 Å². The van der Waals surface area contributed by atoms with Crippen LogP contribution in [0.5, 0.6) is 0 Å². The number of hydrogen-bond donors (Lipinski definition) is 3. The molecule has 16 heavy (non-hydrogen) atoms. The van der Waals surface area contributed by atoms with E-state index in [0.29, 0.717) is 18.6 Å². The highest BCUT2D eigenvalue weighted by atomic mass is 16.3. The fraction of sp³-hybridized carbons (Fsp3) is 1.00. The predicted molar refractivity (Wildman–Crippen MR) is 66.2 cm³/mol. The van der Waals surface area contributed by atoms with Crippen molar-refractivity contribution in [3.05, 3.63) is 0 Å². The van der Waals surface area contributed by atoms with Gasteiger partial charge in [0, 0.05) is 24.7 Å². The maximum absolute atomic E-state index is 9.35. The average Bonchev–Trinajstić information content (AvgIpc) is 2.86. The third kappa shape index (κ3) is 2.41. The number of hydrogen-bond acceptors (Lipinski definition) is 3. The van der Waals surface area contributed by atoms with Crippen molar-refractivity contribution in [2.24, 2.45) is 17.6 Å². The van der Waals surface area contributed by atoms with Crippen LogP contribution in [0, 0.1) is 11.8 Å². The fourth-order valence-corrected chi connectivity index (χ4v) is 3.61. The van der Waals surface area contributed by atoms with Gasteiger partial charge in [0.1, 0.15) is 0 Å². The first-order chi connectivity index (χ1) is 7.69. The molecule has 94 valence electrons. The molecule has 0 heterocycles. The molecular weight excluding hydrogens is 200 g/mol. The summed E-state index contributed by atoms with van der Waals surface area (Å²) in [6, 6.07) is 0.499. The van der Waals surface area contributed by atoms with Crippen LogP contribution in [-0.4, -0.2) is 29.8 Å². The van der Waals surface area contributed by atoms with E-state index in [1.54, 1.807) is 0 Å². The van der Waals surface area contributed by atoms with Crippen molar-refractivity contribution in [3.8, 4) is 0 Å². The molecule has 4 atom stereocenters. The van der Waals surface area contributed by atoms with Crippen LogP contribution in [0.1, 0.15) is 45.4 Å². The fourth-order valence-electron chi connectivity index (χ4n) is 3.61. The molecule has 3 nitrogen and oxygen atoms in total. The summed E-state index contributed by atoms with van der Waals surface area (Å²) in [5.41, 5.74) is 6.14. The molecule has 3 heteroatoms. The molecule has 2 aliphatic carbocycles. The Labute approximate surface area is 98.8 Å². The number of aliphatic hydroxyl groups excluding tert-OH is 1. The van der Waals surface area contributed by atoms with Crippen LogP contribution in [0.25, 0.3) is 0 Å². The molecule has 2 aliphatic rings. The first kappa shape index (κ1) is 12.3. The SMILES string of the molecule is CC1CCC(CN)(NC2CCCC2CO)C1. The van der Waals surface area contributed by atoms with E-state index in [1.807, 2.05) is 0 Å². The van der Waals surface area contributed by atoms with Crippen LogP contribution in [0.15, 0.2) is 0 Å². The molecule has 0 aromatic rings. The summed E-state index contributed by atoms with van der Waals surface area (Å²) < 4.78 is 0. The van der Waals surface area contributed by atoms with Crippen LogP contribution in [-0.2, 0) is 0 Å². The molecule has 0 bridgehead atoms. The van der Waals surface area contributed by atoms with Crippen molar-refractivity contribution in [3.63, 3.8) is 0 Å². The van der Waals surface area contributed by atoms with Crippen molar-refractivity contribution < 1.29 is 5.11 Å². The predicted octanol–water partition coefficient (Wildman–Crippen LogP) is 1.25. The Morgan fingerprint density at radius 1 is 1.38 bits per heavy atom. The molecule has 4 unspecified atom stereocenters. The largest absolute Gasteiger partial charge is 0.396 e. The van der Waals surface area contributed by atoms with E-state index in [-0.39, 0.29) is 5.54 Å². The maximum atomic E-state index is 9.35. The molecule has 0 aromatic heterocycles. The third-order valence-corrected chi connectivity index (χ3v) is 4.63. The van der Waals surface area contributed by atoms with Crippen LogP contribution in [0.2, 0.25) is 0 Å². The quantitative estimate of drug-likeness (QED) is 0.676. The first-order valence-electron chi connectivity index (χ1n) is 6.78. The molecule has 2 fully saturated rings. The Morgan fingerprint density at radius 3 is 2.75 bits per heavy atom. The minimum absolute atomic E-state index is 0.168. The van der Waals surface area contributed by atoms with Crippen molar-refractivity contribution in [1.82, 2.24) is 5.32 Å². The minimum Gasteiger partial charge on any atom is -0.396 e. The second-order valence-corrected chi connectivity index (χ2v) is 5.96. The highest BCUT2D eigenvalue weighted by Gasteiger charge is 2.40. The van der Waals surface area contributed by atoms with Crippen LogP contribution >= 0.6 is 0 Å². The van der Waals surface area contributed by atoms with E-state index in [0.717, 1.165) is 12.5 Å². The molecule has 0 aliphatic heterocycles. The summed E-state index contributed by atoms with van der Waals surface area (Å²) in [5, 5.41) is 13.1. The molecule has 4 N–H and O–H groups in total. The Hall–Kier alpha value is -0.120. The molecule has 2 rings (SSSR count). The van der Waals surface area contributed by atoms with Crippen LogP contribution < -0.4 is 11.1 Å². The summed E-state index contributed by atoms with van der Waals surface area (Å²) in [6.07, 6.45) is 7.34. The van der Waals surface area contributed by atoms with Gasteiger partial charge in [0.25, 0.3) is 0 Å². The van der Waals surface area contributed by atoms with Gasteiger partial charge in [0.2, 0.25) is 0 Å². The zero-order valence-electron chi connectivity index (χ0n) is 10.4. The number of nitrogens with two attached hydrogens (primary N) is 1. The van der Waals surface area contributed by atoms with Crippen molar-refractivity contribution in [1.29, 1.82) is 0 Å². The molecule has 0 spiro atoms. The van der Waals surface area contributed by atoms with E-state index >= 15 is 0 Å². The number of rotatable bonds is 4. The molecule has 0 radical (unpaired) electrons. The summed E-state index contributed by atoms with van der Waals surface area (Å²) in [6.45, 7) is 3.39. The van der Waals surface area contributed by atoms with Crippen LogP contribution in [0.3, 0.4) is 0 Å². The van der Waals surface area contributed by atoms with Crippen molar-refractivity contribution in [2.45, 2.75) is 57.0 Å². The van der Waals surface area contributed by atoms with E-state index in [4.69, 9.17) is 5.73 Å². The molecule has 2 saturated carbocycles. The maximum Gasteiger partial charge on any atom is 0.0474 e. The Morgan fingerprint density at radius 2 is 2.19 bits per heavy atom. The lowest BCUT2D eigenvalue weighted by atomic mass is 9.92. The Balaban J connectivity index is 1.96. The molecule has 0 aromatic carbocycles.